The Bertz CT molecular complexity index is 830. The van der Waals surface area contributed by atoms with Gasteiger partial charge in [0, 0.05) is 10.6 Å². The first-order valence-corrected chi connectivity index (χ1v) is 7.79. The molecule has 5 nitrogen and oxygen atoms in total. The third-order valence-corrected chi connectivity index (χ3v) is 4.18. The lowest BCUT2D eigenvalue weighted by atomic mass is 10.1. The van der Waals surface area contributed by atoms with Crippen molar-refractivity contribution >= 4 is 40.7 Å². The van der Waals surface area contributed by atoms with Crippen LogP contribution in [-0.2, 0) is 4.84 Å². The number of rotatable bonds is 4. The number of carbonyl (C=O) groups is 2. The van der Waals surface area contributed by atoms with Crippen LogP contribution in [-0.4, -0.2) is 36.1 Å². The van der Waals surface area contributed by atoms with E-state index in [1.54, 1.807) is 42.5 Å². The zero-order valence-electron chi connectivity index (χ0n) is 12.6. The maximum atomic E-state index is 12.5. The number of hydrogen-bond acceptors (Lipinski definition) is 4. The van der Waals surface area contributed by atoms with Crippen molar-refractivity contribution in [3.63, 3.8) is 0 Å². The van der Waals surface area contributed by atoms with Gasteiger partial charge >= 0.3 is 0 Å². The van der Waals surface area contributed by atoms with Crippen molar-refractivity contribution in [3.05, 3.63) is 69.2 Å². The number of hydrogen-bond donors (Lipinski definition) is 0. The predicted molar refractivity (Wildman–Crippen MR) is 91.8 cm³/mol. The summed E-state index contributed by atoms with van der Waals surface area (Å²) in [6.07, 6.45) is 0. The van der Waals surface area contributed by atoms with Crippen LogP contribution >= 0.6 is 23.2 Å². The second kappa shape index (κ2) is 6.63. The topological polar surface area (TPSA) is 59.0 Å². The normalized spacial score (nSPS) is 14.1. The number of nitrogens with zero attached hydrogens (tertiary/aromatic N) is 2. The molecule has 0 aliphatic carbocycles. The average molecular weight is 363 g/mol. The third kappa shape index (κ3) is 2.88. The summed E-state index contributed by atoms with van der Waals surface area (Å²) in [7, 11) is 1.38. The Morgan fingerprint density at radius 2 is 1.71 bits per heavy atom. The largest absolute Gasteiger partial charge is 0.399 e. The van der Waals surface area contributed by atoms with E-state index in [-0.39, 0.29) is 18.4 Å². The first-order valence-electron chi connectivity index (χ1n) is 7.03. The molecule has 1 heterocycles. The average Bonchev–Trinajstić information content (AvgIpc) is 2.80. The molecule has 0 fully saturated rings. The summed E-state index contributed by atoms with van der Waals surface area (Å²) in [4.78, 5) is 30.9. The summed E-state index contributed by atoms with van der Waals surface area (Å²) in [5.74, 6) is -0.742. The SMILES string of the molecule is CON=C(CN1C(=O)c2ccccc2C1=O)c1ccc(Cl)cc1Cl. The number of amides is 2. The molecule has 0 radical (unpaired) electrons. The summed E-state index contributed by atoms with van der Waals surface area (Å²) >= 11 is 12.1. The van der Waals surface area contributed by atoms with Gasteiger partial charge in [-0.25, -0.2) is 0 Å². The van der Waals surface area contributed by atoms with Gasteiger partial charge < -0.3 is 4.84 Å². The Labute approximate surface area is 148 Å². The Kier molecular flexibility index (Phi) is 4.55. The molecule has 0 saturated heterocycles. The molecule has 2 amide bonds. The van der Waals surface area contributed by atoms with E-state index in [2.05, 4.69) is 5.16 Å². The van der Waals surface area contributed by atoms with Crippen LogP contribution in [0.25, 0.3) is 0 Å². The number of oxime groups is 1. The molecule has 122 valence electrons. The van der Waals surface area contributed by atoms with E-state index in [1.807, 2.05) is 0 Å². The van der Waals surface area contributed by atoms with Crippen LogP contribution in [0.3, 0.4) is 0 Å². The quantitative estimate of drug-likeness (QED) is 0.473. The number of fused-ring (bicyclic) bond motifs is 1. The van der Waals surface area contributed by atoms with Gasteiger partial charge in [0.25, 0.3) is 11.8 Å². The highest BCUT2D eigenvalue weighted by molar-refractivity contribution is 6.37. The summed E-state index contributed by atoms with van der Waals surface area (Å²) in [6.45, 7) is -0.0540. The third-order valence-electron chi connectivity index (χ3n) is 3.63. The van der Waals surface area contributed by atoms with Crippen molar-refractivity contribution in [1.82, 2.24) is 4.90 Å². The summed E-state index contributed by atoms with van der Waals surface area (Å²) < 4.78 is 0. The van der Waals surface area contributed by atoms with E-state index in [0.717, 1.165) is 4.90 Å². The standard InChI is InChI=1S/C17H12Cl2N2O3/c1-24-20-15(13-7-6-10(18)8-14(13)19)9-21-16(22)11-4-2-3-5-12(11)17(21)23/h2-8H,9H2,1H3. The minimum Gasteiger partial charge on any atom is -0.399 e. The van der Waals surface area contributed by atoms with Gasteiger partial charge in [0.15, 0.2) is 0 Å². The molecule has 0 unspecified atom stereocenters. The molecule has 1 aliphatic heterocycles. The number of carbonyl (C=O) groups excluding carboxylic acids is 2. The van der Waals surface area contributed by atoms with E-state index < -0.39 is 0 Å². The van der Waals surface area contributed by atoms with Gasteiger partial charge in [0.1, 0.15) is 12.8 Å². The Morgan fingerprint density at radius 3 is 2.25 bits per heavy atom. The molecule has 7 heteroatoms. The van der Waals surface area contributed by atoms with Crippen LogP contribution in [0.2, 0.25) is 10.0 Å². The van der Waals surface area contributed by atoms with E-state index in [9.17, 15) is 9.59 Å². The molecule has 2 aromatic rings. The smallest absolute Gasteiger partial charge is 0.261 e. The zero-order chi connectivity index (χ0) is 17.3. The Morgan fingerprint density at radius 1 is 1.08 bits per heavy atom. The lowest BCUT2D eigenvalue weighted by molar-refractivity contribution is 0.0676. The molecule has 0 atom stereocenters. The van der Waals surface area contributed by atoms with Gasteiger partial charge in [-0.15, -0.1) is 0 Å². The highest BCUT2D eigenvalue weighted by atomic mass is 35.5. The van der Waals surface area contributed by atoms with E-state index in [1.165, 1.54) is 7.11 Å². The first kappa shape index (κ1) is 16.5. The fourth-order valence-corrected chi connectivity index (χ4v) is 3.05. The highest BCUT2D eigenvalue weighted by Crippen LogP contribution is 2.25. The molecular formula is C17H12Cl2N2O3. The molecule has 0 aromatic heterocycles. The van der Waals surface area contributed by atoms with Crippen molar-refractivity contribution in [2.45, 2.75) is 0 Å². The van der Waals surface area contributed by atoms with Crippen LogP contribution in [0.4, 0.5) is 0 Å². The lowest BCUT2D eigenvalue weighted by Crippen LogP contribution is -2.35. The van der Waals surface area contributed by atoms with Crippen LogP contribution in [0.5, 0.6) is 0 Å². The van der Waals surface area contributed by atoms with Crippen molar-refractivity contribution in [3.8, 4) is 0 Å². The van der Waals surface area contributed by atoms with E-state index in [4.69, 9.17) is 28.0 Å². The molecule has 0 saturated carbocycles. The van der Waals surface area contributed by atoms with E-state index in [0.29, 0.717) is 32.4 Å². The Balaban J connectivity index is 1.95. The van der Waals surface area contributed by atoms with Crippen molar-refractivity contribution in [2.24, 2.45) is 5.16 Å². The van der Waals surface area contributed by atoms with Crippen LogP contribution in [0.15, 0.2) is 47.6 Å². The molecule has 24 heavy (non-hydrogen) atoms. The maximum Gasteiger partial charge on any atom is 0.261 e. The number of benzene rings is 2. The van der Waals surface area contributed by atoms with E-state index >= 15 is 0 Å². The molecule has 0 N–H and O–H groups in total. The van der Waals surface area contributed by atoms with Gasteiger partial charge in [-0.1, -0.05) is 40.5 Å². The molecule has 1 aliphatic rings. The second-order valence-electron chi connectivity index (χ2n) is 5.09. The fourth-order valence-electron chi connectivity index (χ4n) is 2.53. The minimum absolute atomic E-state index is 0.0540. The lowest BCUT2D eigenvalue weighted by Gasteiger charge is -2.16. The Hall–Kier alpha value is -2.37. The maximum absolute atomic E-state index is 12.5. The second-order valence-corrected chi connectivity index (χ2v) is 5.93. The zero-order valence-corrected chi connectivity index (χ0v) is 14.1. The summed E-state index contributed by atoms with van der Waals surface area (Å²) in [6, 6.07) is 11.6. The fraction of sp³-hybridized carbons (Fsp3) is 0.118. The minimum atomic E-state index is -0.371. The molecule has 2 aromatic carbocycles. The van der Waals surface area contributed by atoms with Crippen LogP contribution in [0.1, 0.15) is 26.3 Å². The van der Waals surface area contributed by atoms with Gasteiger partial charge in [-0.3, -0.25) is 14.5 Å². The monoisotopic (exact) mass is 362 g/mol. The van der Waals surface area contributed by atoms with Gasteiger partial charge in [0.05, 0.1) is 22.7 Å². The first-order chi connectivity index (χ1) is 11.5. The number of halogens is 2. The van der Waals surface area contributed by atoms with Gasteiger partial charge in [-0.05, 0) is 30.3 Å². The van der Waals surface area contributed by atoms with Crippen molar-refractivity contribution < 1.29 is 14.4 Å². The summed E-state index contributed by atoms with van der Waals surface area (Å²) in [5.41, 5.74) is 1.65. The van der Waals surface area contributed by atoms with Gasteiger partial charge in [0.2, 0.25) is 0 Å². The number of imide groups is 1. The molecule has 3 rings (SSSR count). The van der Waals surface area contributed by atoms with Crippen molar-refractivity contribution in [2.75, 3.05) is 13.7 Å². The molecular weight excluding hydrogens is 351 g/mol. The molecule has 0 spiro atoms. The van der Waals surface area contributed by atoms with Crippen molar-refractivity contribution in [1.29, 1.82) is 0 Å². The summed E-state index contributed by atoms with van der Waals surface area (Å²) in [5, 5.41) is 4.75. The van der Waals surface area contributed by atoms with Crippen LogP contribution < -0.4 is 0 Å². The van der Waals surface area contributed by atoms with Crippen LogP contribution in [0, 0.1) is 0 Å². The highest BCUT2D eigenvalue weighted by Gasteiger charge is 2.36. The predicted octanol–water partition coefficient (Wildman–Crippen LogP) is 3.64. The molecule has 0 bridgehead atoms. The van der Waals surface area contributed by atoms with Gasteiger partial charge in [-0.2, -0.15) is 0 Å².